The van der Waals surface area contributed by atoms with E-state index in [-0.39, 0.29) is 18.0 Å². The molecule has 1 aliphatic heterocycles. The second-order valence-electron chi connectivity index (χ2n) is 9.79. The van der Waals surface area contributed by atoms with Crippen molar-refractivity contribution in [1.82, 2.24) is 29.2 Å². The van der Waals surface area contributed by atoms with Gasteiger partial charge in [-0.3, -0.25) is 19.4 Å². The lowest BCUT2D eigenvalue weighted by molar-refractivity contribution is -0.132. The fraction of sp³-hybridized carbons (Fsp3) is 0.370. The Bertz CT molecular complexity index is 1520. The molecule has 1 fully saturated rings. The van der Waals surface area contributed by atoms with Gasteiger partial charge in [-0.05, 0) is 56.9 Å². The average Bonchev–Trinajstić information content (AvgIpc) is 3.51. The lowest BCUT2D eigenvalue weighted by Gasteiger charge is -2.33. The Hall–Kier alpha value is -4.21. The van der Waals surface area contributed by atoms with Crippen LogP contribution in [0, 0.1) is 0 Å². The summed E-state index contributed by atoms with van der Waals surface area (Å²) in [6, 6.07) is 9.64. The van der Waals surface area contributed by atoms with Crippen molar-refractivity contribution in [1.29, 1.82) is 0 Å². The molecule has 2 amide bonds. The van der Waals surface area contributed by atoms with Gasteiger partial charge in [0.25, 0.3) is 0 Å². The first-order valence-corrected chi connectivity index (χ1v) is 12.7. The van der Waals surface area contributed by atoms with Gasteiger partial charge in [0.2, 0.25) is 11.8 Å². The number of hydrogen-bond acceptors (Lipinski definition) is 6. The van der Waals surface area contributed by atoms with Crippen LogP contribution in [0.5, 0.6) is 11.6 Å². The van der Waals surface area contributed by atoms with Crippen LogP contribution >= 0.6 is 0 Å². The molecule has 10 heteroatoms. The standard InChI is InChI=1S/C27H29N7O3/c1-4-19-13-25(31-34(19)20-5-6-20)30-27(36)32-10-9-18-12-21(7-8-24(18)32)37-26-22-11-16(2)33(17(3)35)14-23(22)28-15-29-26/h7-10,12-13,15-16,20H,4-6,11,14H2,1-3H3,(H,30,31,36). The molecule has 0 spiro atoms. The number of amides is 2. The Morgan fingerprint density at radius 3 is 2.76 bits per heavy atom. The molecule has 10 nitrogen and oxygen atoms in total. The first-order valence-electron chi connectivity index (χ1n) is 12.7. The summed E-state index contributed by atoms with van der Waals surface area (Å²) in [4.78, 5) is 35.6. The second kappa shape index (κ2) is 9.02. The van der Waals surface area contributed by atoms with Crippen LogP contribution in [-0.4, -0.2) is 47.2 Å². The van der Waals surface area contributed by atoms with Crippen LogP contribution < -0.4 is 10.1 Å². The molecule has 1 N–H and O–H groups in total. The molecule has 1 atom stereocenters. The molecule has 1 saturated carbocycles. The SMILES string of the molecule is CCc1cc(NC(=O)n2ccc3cc(Oc4ncnc5c4CC(C)N(C(C)=O)C5)ccc32)nn1C1CC1. The topological polar surface area (TPSA) is 107 Å². The van der Waals surface area contributed by atoms with Gasteiger partial charge in [0.15, 0.2) is 5.82 Å². The quantitative estimate of drug-likeness (QED) is 0.427. The summed E-state index contributed by atoms with van der Waals surface area (Å²) in [6.07, 6.45) is 6.99. The molecule has 4 heterocycles. The van der Waals surface area contributed by atoms with Crippen molar-refractivity contribution in [2.45, 2.75) is 65.1 Å². The number of aryl methyl sites for hydroxylation is 1. The van der Waals surface area contributed by atoms with Gasteiger partial charge in [-0.1, -0.05) is 6.92 Å². The Labute approximate surface area is 214 Å². The summed E-state index contributed by atoms with van der Waals surface area (Å²) in [5.74, 6) is 1.71. The van der Waals surface area contributed by atoms with Gasteiger partial charge < -0.3 is 9.64 Å². The third-order valence-electron chi connectivity index (χ3n) is 7.15. The number of ether oxygens (including phenoxy) is 1. The molecule has 6 rings (SSSR count). The largest absolute Gasteiger partial charge is 0.439 e. The van der Waals surface area contributed by atoms with Gasteiger partial charge in [-0.15, -0.1) is 0 Å². The van der Waals surface area contributed by atoms with Gasteiger partial charge in [0.05, 0.1) is 23.8 Å². The first kappa shape index (κ1) is 23.2. The van der Waals surface area contributed by atoms with E-state index < -0.39 is 0 Å². The predicted octanol–water partition coefficient (Wildman–Crippen LogP) is 4.69. The van der Waals surface area contributed by atoms with Crippen LogP contribution in [0.2, 0.25) is 0 Å². The number of benzene rings is 1. The average molecular weight is 500 g/mol. The number of fused-ring (bicyclic) bond motifs is 2. The molecule has 1 aromatic carbocycles. The summed E-state index contributed by atoms with van der Waals surface area (Å²) in [6.45, 7) is 6.13. The summed E-state index contributed by atoms with van der Waals surface area (Å²) >= 11 is 0. The zero-order valence-corrected chi connectivity index (χ0v) is 21.1. The minimum Gasteiger partial charge on any atom is -0.439 e. The van der Waals surface area contributed by atoms with Gasteiger partial charge in [-0.25, -0.2) is 14.8 Å². The van der Waals surface area contributed by atoms with E-state index in [0.29, 0.717) is 36.5 Å². The van der Waals surface area contributed by atoms with Crippen LogP contribution in [-0.2, 0) is 24.2 Å². The lowest BCUT2D eigenvalue weighted by atomic mass is 9.99. The number of aromatic nitrogens is 5. The zero-order chi connectivity index (χ0) is 25.7. The van der Waals surface area contributed by atoms with Crippen molar-refractivity contribution in [3.05, 3.63) is 59.8 Å². The number of anilines is 1. The van der Waals surface area contributed by atoms with Crippen LogP contribution in [0.3, 0.4) is 0 Å². The van der Waals surface area contributed by atoms with E-state index in [2.05, 4.69) is 27.3 Å². The predicted molar refractivity (Wildman–Crippen MR) is 138 cm³/mol. The molecule has 0 bridgehead atoms. The Morgan fingerprint density at radius 2 is 2.00 bits per heavy atom. The number of nitrogens with one attached hydrogen (secondary N) is 1. The van der Waals surface area contributed by atoms with E-state index in [0.717, 1.165) is 47.1 Å². The summed E-state index contributed by atoms with van der Waals surface area (Å²) < 4.78 is 9.79. The smallest absolute Gasteiger partial charge is 0.331 e. The molecular weight excluding hydrogens is 470 g/mol. The van der Waals surface area contributed by atoms with E-state index in [1.165, 1.54) is 6.33 Å². The maximum absolute atomic E-state index is 13.1. The van der Waals surface area contributed by atoms with E-state index in [1.54, 1.807) is 22.6 Å². The maximum Gasteiger partial charge on any atom is 0.331 e. The summed E-state index contributed by atoms with van der Waals surface area (Å²) in [5.41, 5.74) is 3.61. The molecule has 2 aliphatic rings. The first-order chi connectivity index (χ1) is 17.9. The second-order valence-corrected chi connectivity index (χ2v) is 9.79. The normalized spacial score (nSPS) is 17.1. The van der Waals surface area contributed by atoms with E-state index in [9.17, 15) is 9.59 Å². The molecule has 3 aromatic heterocycles. The minimum absolute atomic E-state index is 0.0281. The van der Waals surface area contributed by atoms with Gasteiger partial charge >= 0.3 is 6.03 Å². The Morgan fingerprint density at radius 1 is 1.16 bits per heavy atom. The third-order valence-corrected chi connectivity index (χ3v) is 7.15. The number of hydrogen-bond donors (Lipinski definition) is 1. The molecule has 4 aromatic rings. The molecule has 0 saturated heterocycles. The van der Waals surface area contributed by atoms with Crippen LogP contribution in [0.1, 0.15) is 56.6 Å². The van der Waals surface area contributed by atoms with Crippen LogP contribution in [0.15, 0.2) is 42.9 Å². The van der Waals surface area contributed by atoms with Gasteiger partial charge in [0.1, 0.15) is 12.1 Å². The number of nitrogens with zero attached hydrogens (tertiary/aromatic N) is 6. The fourth-order valence-corrected chi connectivity index (χ4v) is 5.04. The number of carbonyl (C=O) groups excluding carboxylic acids is 2. The van der Waals surface area contributed by atoms with Crippen molar-refractivity contribution in [3.63, 3.8) is 0 Å². The van der Waals surface area contributed by atoms with Crippen LogP contribution in [0.25, 0.3) is 10.9 Å². The summed E-state index contributed by atoms with van der Waals surface area (Å²) in [7, 11) is 0. The number of carbonyl (C=O) groups is 2. The highest BCUT2D eigenvalue weighted by Crippen LogP contribution is 2.36. The van der Waals surface area contributed by atoms with Crippen molar-refractivity contribution in [2.24, 2.45) is 0 Å². The molecule has 1 unspecified atom stereocenters. The Kier molecular flexibility index (Phi) is 5.66. The number of rotatable bonds is 5. The third kappa shape index (κ3) is 4.32. The van der Waals surface area contributed by atoms with Crippen molar-refractivity contribution >= 4 is 28.7 Å². The molecule has 37 heavy (non-hydrogen) atoms. The molecular formula is C27H29N7O3. The van der Waals surface area contributed by atoms with Gasteiger partial charge in [0, 0.05) is 41.9 Å². The van der Waals surface area contributed by atoms with E-state index in [1.807, 2.05) is 41.9 Å². The Balaban J connectivity index is 1.21. The zero-order valence-electron chi connectivity index (χ0n) is 21.1. The van der Waals surface area contributed by atoms with Crippen molar-refractivity contribution in [3.8, 4) is 11.6 Å². The monoisotopic (exact) mass is 499 g/mol. The highest BCUT2D eigenvalue weighted by Gasteiger charge is 2.29. The minimum atomic E-state index is -0.263. The molecule has 0 radical (unpaired) electrons. The maximum atomic E-state index is 13.1. The van der Waals surface area contributed by atoms with E-state index >= 15 is 0 Å². The van der Waals surface area contributed by atoms with E-state index in [4.69, 9.17) is 4.74 Å². The highest BCUT2D eigenvalue weighted by atomic mass is 16.5. The van der Waals surface area contributed by atoms with Crippen molar-refractivity contribution < 1.29 is 14.3 Å². The molecule has 1 aliphatic carbocycles. The van der Waals surface area contributed by atoms with Crippen molar-refractivity contribution in [2.75, 3.05) is 5.32 Å². The lowest BCUT2D eigenvalue weighted by Crippen LogP contribution is -2.41. The fourth-order valence-electron chi connectivity index (χ4n) is 5.04. The highest BCUT2D eigenvalue weighted by molar-refractivity contribution is 5.98. The molecule has 190 valence electrons. The van der Waals surface area contributed by atoms with Gasteiger partial charge in [-0.2, -0.15) is 5.10 Å². The van der Waals surface area contributed by atoms with Crippen LogP contribution in [0.4, 0.5) is 10.6 Å². The summed E-state index contributed by atoms with van der Waals surface area (Å²) in [5, 5.41) is 8.41.